The number of rotatable bonds is 1. The minimum atomic E-state index is 0.247. The van der Waals surface area contributed by atoms with E-state index in [9.17, 15) is 0 Å². The molecule has 1 nitrogen and oxygen atoms in total. The highest BCUT2D eigenvalue weighted by Crippen LogP contribution is 2.41. The number of hydrogen-bond acceptors (Lipinski definition) is 1. The molecule has 0 bridgehead atoms. The van der Waals surface area contributed by atoms with E-state index in [1.807, 2.05) is 6.07 Å². The lowest BCUT2D eigenvalue weighted by atomic mass is 9.93. The van der Waals surface area contributed by atoms with Gasteiger partial charge in [0, 0.05) is 14.5 Å². The topological polar surface area (TPSA) is 9.23 Å². The molecule has 1 saturated heterocycles. The van der Waals surface area contributed by atoms with E-state index in [2.05, 4.69) is 63.6 Å². The molecule has 2 atom stereocenters. The normalized spacial score (nSPS) is 31.5. The first-order valence-corrected chi connectivity index (χ1v) is 7.01. The molecular formula is C12H14BrIO. The SMILES string of the molecule is CC1(I)CCOC(c2ccccc2Br)C1. The van der Waals surface area contributed by atoms with E-state index < -0.39 is 0 Å². The van der Waals surface area contributed by atoms with Crippen molar-refractivity contribution in [1.82, 2.24) is 0 Å². The van der Waals surface area contributed by atoms with Crippen LogP contribution in [0.4, 0.5) is 0 Å². The van der Waals surface area contributed by atoms with Crippen LogP contribution in [0.15, 0.2) is 28.7 Å². The van der Waals surface area contributed by atoms with Gasteiger partial charge < -0.3 is 4.74 Å². The Bertz CT molecular complexity index is 351. The summed E-state index contributed by atoms with van der Waals surface area (Å²) in [6.07, 6.45) is 2.49. The summed E-state index contributed by atoms with van der Waals surface area (Å²) in [6.45, 7) is 3.17. The van der Waals surface area contributed by atoms with Crippen LogP contribution in [0, 0.1) is 0 Å². The molecule has 1 aromatic rings. The zero-order valence-corrected chi connectivity index (χ0v) is 12.4. The van der Waals surface area contributed by atoms with E-state index >= 15 is 0 Å². The summed E-state index contributed by atoms with van der Waals surface area (Å²) in [6, 6.07) is 8.34. The predicted octanol–water partition coefficient (Wildman–Crippen LogP) is 4.49. The lowest BCUT2D eigenvalue weighted by Gasteiger charge is -2.34. The molecule has 0 amide bonds. The fraction of sp³-hybridized carbons (Fsp3) is 0.500. The van der Waals surface area contributed by atoms with Gasteiger partial charge in [-0.1, -0.05) is 63.6 Å². The first-order chi connectivity index (χ1) is 7.08. The summed E-state index contributed by atoms with van der Waals surface area (Å²) < 4.78 is 7.37. The van der Waals surface area contributed by atoms with Crippen LogP contribution in [0.2, 0.25) is 0 Å². The maximum Gasteiger partial charge on any atom is 0.0848 e. The van der Waals surface area contributed by atoms with Crippen LogP contribution in [-0.2, 0) is 4.74 Å². The molecule has 82 valence electrons. The predicted molar refractivity (Wildman–Crippen MR) is 74.5 cm³/mol. The van der Waals surface area contributed by atoms with Gasteiger partial charge in [0.15, 0.2) is 0 Å². The Morgan fingerprint density at radius 1 is 1.47 bits per heavy atom. The van der Waals surface area contributed by atoms with Gasteiger partial charge in [-0.3, -0.25) is 0 Å². The summed E-state index contributed by atoms with van der Waals surface area (Å²) in [5.74, 6) is 0. The van der Waals surface area contributed by atoms with Crippen LogP contribution in [0.5, 0.6) is 0 Å². The van der Waals surface area contributed by atoms with Crippen molar-refractivity contribution in [2.24, 2.45) is 0 Å². The summed E-state index contributed by atoms with van der Waals surface area (Å²) >= 11 is 6.14. The molecule has 0 aliphatic carbocycles. The molecule has 1 heterocycles. The van der Waals surface area contributed by atoms with Crippen molar-refractivity contribution < 1.29 is 4.74 Å². The number of hydrogen-bond donors (Lipinski definition) is 0. The molecule has 1 aliphatic heterocycles. The molecule has 0 spiro atoms. The van der Waals surface area contributed by atoms with Crippen molar-refractivity contribution in [2.45, 2.75) is 29.3 Å². The van der Waals surface area contributed by atoms with E-state index in [0.29, 0.717) is 3.42 Å². The van der Waals surface area contributed by atoms with Gasteiger partial charge in [0.05, 0.1) is 6.10 Å². The Kier molecular flexibility index (Phi) is 3.73. The van der Waals surface area contributed by atoms with Crippen molar-refractivity contribution in [2.75, 3.05) is 6.61 Å². The lowest BCUT2D eigenvalue weighted by molar-refractivity contribution is 0.00501. The van der Waals surface area contributed by atoms with Gasteiger partial charge in [0.2, 0.25) is 0 Å². The van der Waals surface area contributed by atoms with E-state index in [0.717, 1.165) is 23.9 Å². The highest BCUT2D eigenvalue weighted by atomic mass is 127. The Balaban J connectivity index is 2.21. The number of alkyl halides is 1. The van der Waals surface area contributed by atoms with Gasteiger partial charge in [-0.05, 0) is 24.5 Å². The fourth-order valence-electron chi connectivity index (χ4n) is 1.90. The number of halogens is 2. The van der Waals surface area contributed by atoms with Gasteiger partial charge in [-0.2, -0.15) is 0 Å². The smallest absolute Gasteiger partial charge is 0.0848 e. The second-order valence-corrected chi connectivity index (χ2v) is 7.71. The van der Waals surface area contributed by atoms with Crippen molar-refractivity contribution >= 4 is 38.5 Å². The molecule has 0 N–H and O–H groups in total. The first-order valence-electron chi connectivity index (χ1n) is 5.13. The molecular weight excluding hydrogens is 367 g/mol. The molecule has 1 aliphatic rings. The zero-order chi connectivity index (χ0) is 10.9. The van der Waals surface area contributed by atoms with Crippen molar-refractivity contribution in [3.63, 3.8) is 0 Å². The summed E-state index contributed by atoms with van der Waals surface area (Å²) in [4.78, 5) is 0. The lowest BCUT2D eigenvalue weighted by Crippen LogP contribution is -2.29. The Labute approximate surface area is 113 Å². The van der Waals surface area contributed by atoms with Crippen LogP contribution in [-0.4, -0.2) is 10.0 Å². The molecule has 0 aromatic heterocycles. The van der Waals surface area contributed by atoms with Crippen LogP contribution in [0.25, 0.3) is 0 Å². The molecule has 2 unspecified atom stereocenters. The molecule has 2 rings (SSSR count). The molecule has 0 saturated carbocycles. The summed E-state index contributed by atoms with van der Waals surface area (Å²) in [5.41, 5.74) is 1.28. The monoisotopic (exact) mass is 380 g/mol. The third kappa shape index (κ3) is 2.94. The van der Waals surface area contributed by atoms with Gasteiger partial charge in [-0.15, -0.1) is 0 Å². The molecule has 15 heavy (non-hydrogen) atoms. The third-order valence-corrected chi connectivity index (χ3v) is 4.51. The highest BCUT2D eigenvalue weighted by molar-refractivity contribution is 14.1. The quantitative estimate of drug-likeness (QED) is 0.515. The molecule has 1 fully saturated rings. The second kappa shape index (κ2) is 4.72. The Morgan fingerprint density at radius 3 is 2.87 bits per heavy atom. The van der Waals surface area contributed by atoms with E-state index in [1.54, 1.807) is 0 Å². The third-order valence-electron chi connectivity index (χ3n) is 2.81. The van der Waals surface area contributed by atoms with Gasteiger partial charge >= 0.3 is 0 Å². The standard InChI is InChI=1S/C12H14BrIO/c1-12(14)6-7-15-11(8-12)9-4-2-3-5-10(9)13/h2-5,11H,6-8H2,1H3. The molecule has 1 aromatic carbocycles. The summed E-state index contributed by atoms with van der Waals surface area (Å²) in [7, 11) is 0. The average Bonchev–Trinajstić information content (AvgIpc) is 2.17. The Hall–Kier alpha value is 0.390. The van der Waals surface area contributed by atoms with Crippen LogP contribution < -0.4 is 0 Å². The van der Waals surface area contributed by atoms with Crippen molar-refractivity contribution in [3.05, 3.63) is 34.3 Å². The Morgan fingerprint density at radius 2 is 2.20 bits per heavy atom. The minimum absolute atomic E-state index is 0.247. The second-order valence-electron chi connectivity index (χ2n) is 4.25. The van der Waals surface area contributed by atoms with Gasteiger partial charge in [0.1, 0.15) is 0 Å². The van der Waals surface area contributed by atoms with Crippen molar-refractivity contribution in [1.29, 1.82) is 0 Å². The zero-order valence-electron chi connectivity index (χ0n) is 8.67. The van der Waals surface area contributed by atoms with E-state index in [-0.39, 0.29) is 6.10 Å². The first kappa shape index (κ1) is 11.9. The van der Waals surface area contributed by atoms with Gasteiger partial charge in [-0.25, -0.2) is 0 Å². The van der Waals surface area contributed by atoms with Crippen LogP contribution in [0.3, 0.4) is 0 Å². The molecule has 3 heteroatoms. The summed E-state index contributed by atoms with van der Waals surface area (Å²) in [5, 5.41) is 0. The molecule has 0 radical (unpaired) electrons. The van der Waals surface area contributed by atoms with Crippen molar-refractivity contribution in [3.8, 4) is 0 Å². The maximum atomic E-state index is 5.85. The fourth-order valence-corrected chi connectivity index (χ4v) is 3.06. The van der Waals surface area contributed by atoms with E-state index in [4.69, 9.17) is 4.74 Å². The van der Waals surface area contributed by atoms with Gasteiger partial charge in [0.25, 0.3) is 0 Å². The average molecular weight is 381 g/mol. The largest absolute Gasteiger partial charge is 0.373 e. The maximum absolute atomic E-state index is 5.85. The van der Waals surface area contributed by atoms with Crippen LogP contribution in [0.1, 0.15) is 31.4 Å². The number of ether oxygens (including phenoxy) is 1. The number of benzene rings is 1. The van der Waals surface area contributed by atoms with Crippen LogP contribution >= 0.6 is 38.5 Å². The van der Waals surface area contributed by atoms with E-state index in [1.165, 1.54) is 5.56 Å². The minimum Gasteiger partial charge on any atom is -0.373 e. The highest BCUT2D eigenvalue weighted by Gasteiger charge is 2.31.